The van der Waals surface area contributed by atoms with Crippen molar-refractivity contribution in [3.63, 3.8) is 0 Å². The number of carbonyl (C=O) groups is 4. The molecule has 0 radical (unpaired) electrons. The third-order valence-corrected chi connectivity index (χ3v) is 12.7. The quantitative estimate of drug-likeness (QED) is 0.112. The van der Waals surface area contributed by atoms with Crippen LogP contribution in [0.1, 0.15) is 96.6 Å². The number of rotatable bonds is 10. The summed E-state index contributed by atoms with van der Waals surface area (Å²) in [6.07, 6.45) is -6.85. The molecule has 314 valence electrons. The Hall–Kier alpha value is -4.56. The highest BCUT2D eigenvalue weighted by Gasteiger charge is 2.76. The number of aliphatic hydroxyl groups is 2. The van der Waals surface area contributed by atoms with E-state index in [1.807, 2.05) is 0 Å². The molecule has 0 aromatic heterocycles. The van der Waals surface area contributed by atoms with E-state index in [9.17, 15) is 24.6 Å². The number of aliphatic hydroxyl groups excluding tert-OH is 1. The van der Waals surface area contributed by atoms with Crippen molar-refractivity contribution in [2.75, 3.05) is 13.7 Å². The SMILES string of the molecule is C=C(C)O[C@@]12CO[C@@H]1CC[C@@]1(C)C(=O)[C@H](OC)C3=C(C)[C@@H](OC(=O)[C@H](O)[C@@H](NC(=O)OC(C)(C)C)c4ccccc4)C[C@@](O)([C@@H](OC(=O)c4ccccc4)[C@H]21)C3(C)C. The van der Waals surface area contributed by atoms with Crippen molar-refractivity contribution in [3.05, 3.63) is 95.3 Å². The van der Waals surface area contributed by atoms with E-state index in [1.54, 1.807) is 116 Å². The number of fused-ring (bicyclic) bond motifs is 5. The predicted octanol–water partition coefficient (Wildman–Crippen LogP) is 5.93. The molecule has 1 heterocycles. The molecule has 13 nitrogen and oxygen atoms in total. The average Bonchev–Trinajstić information content (AvgIpc) is 3.15. The lowest BCUT2D eigenvalue weighted by molar-refractivity contribution is -0.333. The second-order valence-electron chi connectivity index (χ2n) is 17.9. The number of hydrogen-bond donors (Lipinski definition) is 3. The van der Waals surface area contributed by atoms with Gasteiger partial charge in [-0.05, 0) is 76.3 Å². The van der Waals surface area contributed by atoms with Crippen LogP contribution in [0.3, 0.4) is 0 Å². The first-order chi connectivity index (χ1) is 27.1. The monoisotopic (exact) mass is 803 g/mol. The summed E-state index contributed by atoms with van der Waals surface area (Å²) >= 11 is 0. The first kappa shape index (κ1) is 43.0. The summed E-state index contributed by atoms with van der Waals surface area (Å²) in [5.41, 5.74) is -5.42. The number of nitrogens with one attached hydrogen (secondary N) is 1. The van der Waals surface area contributed by atoms with Gasteiger partial charge in [0.2, 0.25) is 0 Å². The van der Waals surface area contributed by atoms with Crippen molar-refractivity contribution in [1.29, 1.82) is 0 Å². The zero-order valence-corrected chi connectivity index (χ0v) is 34.8. The average molecular weight is 804 g/mol. The molecule has 4 aliphatic rings. The lowest BCUT2D eigenvalue weighted by atomic mass is 9.45. The van der Waals surface area contributed by atoms with Gasteiger partial charge in [-0.2, -0.15) is 0 Å². The van der Waals surface area contributed by atoms with Gasteiger partial charge in [0.05, 0.1) is 29.9 Å². The van der Waals surface area contributed by atoms with Crippen LogP contribution in [0.15, 0.2) is 84.1 Å². The topological polar surface area (TPSA) is 176 Å². The van der Waals surface area contributed by atoms with Crippen LogP contribution >= 0.6 is 0 Å². The minimum Gasteiger partial charge on any atom is -0.487 e. The van der Waals surface area contributed by atoms with Crippen molar-refractivity contribution < 1.29 is 57.8 Å². The fourth-order valence-corrected chi connectivity index (χ4v) is 9.83. The molecule has 58 heavy (non-hydrogen) atoms. The van der Waals surface area contributed by atoms with Gasteiger partial charge in [0, 0.05) is 24.4 Å². The van der Waals surface area contributed by atoms with Crippen molar-refractivity contribution in [2.24, 2.45) is 16.7 Å². The van der Waals surface area contributed by atoms with Gasteiger partial charge in [0.1, 0.15) is 35.6 Å². The Labute approximate surface area is 340 Å². The first-order valence-electron chi connectivity index (χ1n) is 19.8. The Bertz CT molecular complexity index is 1960. The highest BCUT2D eigenvalue weighted by Crippen LogP contribution is 2.64. The highest BCUT2D eigenvalue weighted by molar-refractivity contribution is 5.94. The lowest BCUT2D eigenvalue weighted by Gasteiger charge is -2.67. The normalized spacial score (nSPS) is 32.4. The van der Waals surface area contributed by atoms with Gasteiger partial charge in [-0.3, -0.25) is 4.79 Å². The Kier molecular flexibility index (Phi) is 11.5. The molecular formula is C45H57NO12. The molecule has 3 fully saturated rings. The van der Waals surface area contributed by atoms with Gasteiger partial charge < -0.3 is 44.0 Å². The molecule has 2 aromatic carbocycles. The predicted molar refractivity (Wildman–Crippen MR) is 211 cm³/mol. The van der Waals surface area contributed by atoms with Crippen LogP contribution < -0.4 is 5.32 Å². The van der Waals surface area contributed by atoms with Gasteiger partial charge in [-0.25, -0.2) is 14.4 Å². The number of benzene rings is 2. The van der Waals surface area contributed by atoms with Gasteiger partial charge >= 0.3 is 18.0 Å². The molecule has 3 N–H and O–H groups in total. The van der Waals surface area contributed by atoms with E-state index < -0.39 is 88.1 Å². The van der Waals surface area contributed by atoms with Crippen molar-refractivity contribution in [1.82, 2.24) is 5.32 Å². The molecule has 10 atom stereocenters. The number of alkyl carbamates (subject to hydrolysis) is 1. The Morgan fingerprint density at radius 2 is 1.62 bits per heavy atom. The van der Waals surface area contributed by atoms with Gasteiger partial charge in [-0.15, -0.1) is 0 Å². The van der Waals surface area contributed by atoms with E-state index in [1.165, 1.54) is 7.11 Å². The van der Waals surface area contributed by atoms with E-state index >= 15 is 4.79 Å². The highest BCUT2D eigenvalue weighted by atomic mass is 16.6. The zero-order chi connectivity index (χ0) is 42.6. The fraction of sp³-hybridized carbons (Fsp3) is 0.556. The van der Waals surface area contributed by atoms with E-state index in [4.69, 9.17) is 28.4 Å². The molecule has 0 spiro atoms. The summed E-state index contributed by atoms with van der Waals surface area (Å²) in [5.74, 6) is -2.84. The Morgan fingerprint density at radius 1 is 1.00 bits per heavy atom. The second-order valence-corrected chi connectivity index (χ2v) is 17.9. The van der Waals surface area contributed by atoms with Crippen LogP contribution in [-0.2, 0) is 38.0 Å². The van der Waals surface area contributed by atoms with Crippen LogP contribution in [0.5, 0.6) is 0 Å². The fourth-order valence-electron chi connectivity index (χ4n) is 9.83. The summed E-state index contributed by atoms with van der Waals surface area (Å²) in [7, 11) is 1.41. The Balaban J connectivity index is 1.49. The minimum absolute atomic E-state index is 0.0312. The summed E-state index contributed by atoms with van der Waals surface area (Å²) in [4.78, 5) is 56.7. The first-order valence-corrected chi connectivity index (χ1v) is 19.8. The van der Waals surface area contributed by atoms with Crippen molar-refractivity contribution in [2.45, 2.75) is 128 Å². The van der Waals surface area contributed by atoms with Gasteiger partial charge in [0.15, 0.2) is 17.5 Å². The third kappa shape index (κ3) is 7.35. The number of esters is 2. The maximum atomic E-state index is 15.3. The summed E-state index contributed by atoms with van der Waals surface area (Å²) in [6.45, 7) is 17.8. The third-order valence-electron chi connectivity index (χ3n) is 12.7. The maximum absolute atomic E-state index is 15.3. The van der Waals surface area contributed by atoms with Crippen LogP contribution in [-0.4, -0.2) is 95.1 Å². The number of ether oxygens (including phenoxy) is 6. The molecule has 1 amide bonds. The van der Waals surface area contributed by atoms with E-state index in [2.05, 4.69) is 11.9 Å². The molecule has 1 saturated heterocycles. The van der Waals surface area contributed by atoms with Crippen LogP contribution in [0.25, 0.3) is 0 Å². The molecule has 3 aliphatic carbocycles. The van der Waals surface area contributed by atoms with Crippen molar-refractivity contribution in [3.8, 4) is 0 Å². The molecule has 13 heteroatoms. The number of allylic oxidation sites excluding steroid dienone is 1. The minimum atomic E-state index is -2.07. The molecular weight excluding hydrogens is 746 g/mol. The van der Waals surface area contributed by atoms with Gasteiger partial charge in [-0.1, -0.05) is 75.9 Å². The van der Waals surface area contributed by atoms with Crippen LogP contribution in [0.4, 0.5) is 4.79 Å². The molecule has 2 saturated carbocycles. The standard InChI is InChI=1S/C45H57NO12/c1-25(2)57-44-24-54-30(44)21-22-43(9)35(44)37(56-38(49)28-19-15-12-16-20-28)45(52)23-29(26(3)31(42(45,7)8)34(53-10)36(43)48)55-39(50)33(47)32(27-17-13-11-14-18-27)46-40(51)58-41(4,5)6/h11-20,29-30,32-35,37,47,52H,1,21-24H2,2-10H3,(H,46,51)/t29-,30+,32-,33+,34+,35-,37-,43+,44-,45+/m0/s1. The maximum Gasteiger partial charge on any atom is 0.408 e. The number of ketones is 1. The number of hydrogen-bond acceptors (Lipinski definition) is 12. The zero-order valence-electron chi connectivity index (χ0n) is 34.8. The molecule has 0 unspecified atom stereocenters. The van der Waals surface area contributed by atoms with E-state index in [0.717, 1.165) is 0 Å². The van der Waals surface area contributed by atoms with Crippen molar-refractivity contribution >= 4 is 23.8 Å². The van der Waals surface area contributed by atoms with Gasteiger partial charge in [0.25, 0.3) is 0 Å². The molecule has 6 rings (SSSR count). The van der Waals surface area contributed by atoms with Crippen LogP contribution in [0, 0.1) is 16.7 Å². The molecule has 2 bridgehead atoms. The smallest absolute Gasteiger partial charge is 0.408 e. The second kappa shape index (κ2) is 15.6. The van der Waals surface area contributed by atoms with E-state index in [0.29, 0.717) is 35.3 Å². The number of Topliss-reactive ketones (excluding diaryl/α,β-unsaturated/α-hetero) is 1. The lowest BCUT2D eigenvalue weighted by Crippen LogP contribution is -2.79. The largest absolute Gasteiger partial charge is 0.487 e. The summed E-state index contributed by atoms with van der Waals surface area (Å²) in [5, 5.41) is 27.9. The molecule has 2 aromatic rings. The number of methoxy groups -OCH3 is 1. The Morgan fingerprint density at radius 3 is 2.17 bits per heavy atom. The number of carbonyl (C=O) groups excluding carboxylic acids is 4. The number of amides is 1. The van der Waals surface area contributed by atoms with E-state index in [-0.39, 0.29) is 24.4 Å². The summed E-state index contributed by atoms with van der Waals surface area (Å²) in [6, 6.07) is 15.4. The summed E-state index contributed by atoms with van der Waals surface area (Å²) < 4.78 is 36.9. The van der Waals surface area contributed by atoms with Crippen LogP contribution in [0.2, 0.25) is 0 Å². The molecule has 1 aliphatic heterocycles.